The van der Waals surface area contributed by atoms with Crippen molar-refractivity contribution < 1.29 is 4.52 Å². The zero-order chi connectivity index (χ0) is 21.5. The van der Waals surface area contributed by atoms with Crippen molar-refractivity contribution in [1.82, 2.24) is 5.32 Å². The molecule has 2 aliphatic rings. The van der Waals surface area contributed by atoms with Gasteiger partial charge in [-0.2, -0.15) is 0 Å². The minimum atomic E-state index is 0.284. The summed E-state index contributed by atoms with van der Waals surface area (Å²) in [7, 11) is 0.284. The first kappa shape index (κ1) is 22.6. The largest absolute Gasteiger partial charge is 0.461 e. The van der Waals surface area contributed by atoms with Crippen LogP contribution in [-0.2, 0) is 17.4 Å². The highest BCUT2D eigenvalue weighted by Crippen LogP contribution is 2.36. The molecule has 0 saturated carbocycles. The van der Waals surface area contributed by atoms with Crippen molar-refractivity contribution in [2.45, 2.75) is 25.3 Å². The Hall–Kier alpha value is -1.64. The van der Waals surface area contributed by atoms with Gasteiger partial charge in [0.15, 0.2) is 8.96 Å². The van der Waals surface area contributed by atoms with Gasteiger partial charge in [0.05, 0.1) is 6.26 Å². The molecule has 3 aromatic carbocycles. The molecule has 31 heavy (non-hydrogen) atoms. The van der Waals surface area contributed by atoms with Crippen LogP contribution in [0.1, 0.15) is 17.5 Å². The molecule has 1 aliphatic heterocycles. The van der Waals surface area contributed by atoms with Crippen molar-refractivity contribution in [1.29, 1.82) is 0 Å². The third kappa shape index (κ3) is 5.41. The second-order valence-electron chi connectivity index (χ2n) is 7.80. The van der Waals surface area contributed by atoms with Gasteiger partial charge < -0.3 is 9.84 Å². The van der Waals surface area contributed by atoms with Crippen molar-refractivity contribution in [3.8, 4) is 0 Å². The molecule has 3 unspecified atom stereocenters. The summed E-state index contributed by atoms with van der Waals surface area (Å²) in [6.45, 7) is 0.860. The SMILES string of the molecule is C1=COPN=C1.ClCCNC1Cc2ccc3c(ccc4ccccc43)c2CC1CCCl. The number of halogens is 2. The van der Waals surface area contributed by atoms with Crippen LogP contribution in [0.4, 0.5) is 0 Å². The van der Waals surface area contributed by atoms with Gasteiger partial charge >= 0.3 is 0 Å². The van der Waals surface area contributed by atoms with E-state index in [1.807, 2.05) is 0 Å². The number of hydrogen-bond acceptors (Lipinski definition) is 3. The predicted octanol–water partition coefficient (Wildman–Crippen LogP) is 6.64. The fraction of sp³-hybridized carbons (Fsp3) is 0.320. The van der Waals surface area contributed by atoms with Gasteiger partial charge in [0, 0.05) is 30.6 Å². The molecule has 1 aliphatic carbocycles. The molecule has 3 aromatic rings. The molecule has 5 rings (SSSR count). The van der Waals surface area contributed by atoms with Gasteiger partial charge in [0.1, 0.15) is 0 Å². The first-order chi connectivity index (χ1) is 15.3. The van der Waals surface area contributed by atoms with Gasteiger partial charge in [-0.1, -0.05) is 48.5 Å². The lowest BCUT2D eigenvalue weighted by Crippen LogP contribution is -2.43. The van der Waals surface area contributed by atoms with E-state index >= 15 is 0 Å². The van der Waals surface area contributed by atoms with Crippen LogP contribution in [0.5, 0.6) is 0 Å². The van der Waals surface area contributed by atoms with Crippen LogP contribution in [0.25, 0.3) is 21.5 Å². The van der Waals surface area contributed by atoms with Crippen molar-refractivity contribution in [2.24, 2.45) is 10.7 Å². The quantitative estimate of drug-likeness (QED) is 0.256. The molecule has 0 fully saturated rings. The van der Waals surface area contributed by atoms with Gasteiger partial charge in [0.2, 0.25) is 0 Å². The molecule has 6 heteroatoms. The van der Waals surface area contributed by atoms with E-state index in [1.165, 1.54) is 32.7 Å². The van der Waals surface area contributed by atoms with E-state index in [2.05, 4.69) is 58.6 Å². The smallest absolute Gasteiger partial charge is 0.195 e. The van der Waals surface area contributed by atoms with E-state index in [0.29, 0.717) is 23.7 Å². The third-order valence-corrected chi connectivity index (χ3v) is 6.91. The monoisotopic (exact) mass is 472 g/mol. The Labute approximate surface area is 195 Å². The lowest BCUT2D eigenvalue weighted by Gasteiger charge is -2.34. The van der Waals surface area contributed by atoms with E-state index < -0.39 is 0 Å². The van der Waals surface area contributed by atoms with Gasteiger partial charge in [0.25, 0.3) is 0 Å². The Morgan fingerprint density at radius 2 is 1.84 bits per heavy atom. The fourth-order valence-corrected chi connectivity index (χ4v) is 5.30. The maximum atomic E-state index is 6.10. The topological polar surface area (TPSA) is 33.6 Å². The maximum absolute atomic E-state index is 6.10. The van der Waals surface area contributed by atoms with Crippen molar-refractivity contribution in [3.63, 3.8) is 0 Å². The van der Waals surface area contributed by atoms with E-state index in [1.54, 1.807) is 18.6 Å². The Balaban J connectivity index is 0.000000334. The number of allylic oxidation sites excluding steroid dienone is 1. The molecular formula is C25H27Cl2N2OP. The van der Waals surface area contributed by atoms with E-state index in [4.69, 9.17) is 27.7 Å². The van der Waals surface area contributed by atoms with Crippen LogP contribution in [-0.4, -0.2) is 30.6 Å². The third-order valence-electron chi connectivity index (χ3n) is 6.00. The van der Waals surface area contributed by atoms with Crippen LogP contribution < -0.4 is 5.32 Å². The van der Waals surface area contributed by atoms with Gasteiger partial charge in [-0.15, -0.1) is 23.2 Å². The summed E-state index contributed by atoms with van der Waals surface area (Å²) < 4.78 is 8.49. The highest BCUT2D eigenvalue weighted by Gasteiger charge is 2.28. The number of rotatable bonds is 5. The minimum Gasteiger partial charge on any atom is -0.461 e. The number of hydrogen-bond donors (Lipinski definition) is 1. The molecule has 1 heterocycles. The normalized spacial score (nSPS) is 20.3. The molecular weight excluding hydrogens is 446 g/mol. The highest BCUT2D eigenvalue weighted by molar-refractivity contribution is 7.31. The maximum Gasteiger partial charge on any atom is 0.195 e. The molecule has 162 valence electrons. The summed E-state index contributed by atoms with van der Waals surface area (Å²) in [5.41, 5.74) is 2.99. The van der Waals surface area contributed by atoms with E-state index in [0.717, 1.165) is 25.8 Å². The zero-order valence-corrected chi connectivity index (χ0v) is 19.9. The van der Waals surface area contributed by atoms with Gasteiger partial charge in [-0.3, -0.25) is 0 Å². The fourth-order valence-electron chi connectivity index (χ4n) is 4.57. The number of nitrogens with one attached hydrogen (secondary N) is 1. The standard InChI is InChI=1S/C22H23Cl2N.C3H4NOP/c23-10-9-17-13-21-16(14-22(17)25-12-11-24)6-8-19-18-4-2-1-3-15(18)5-7-20(19)21;1-2-4-6-5-3-1/h1-8,17,22,25H,9-14H2;1-3,6H. The molecule has 0 bridgehead atoms. The number of benzene rings is 3. The average molecular weight is 473 g/mol. The molecule has 3 nitrogen and oxygen atoms in total. The number of alkyl halides is 2. The molecule has 0 aromatic heterocycles. The lowest BCUT2D eigenvalue weighted by atomic mass is 9.76. The molecule has 1 N–H and O–H groups in total. The summed E-state index contributed by atoms with van der Waals surface area (Å²) in [4.78, 5) is 0. The van der Waals surface area contributed by atoms with Crippen LogP contribution >= 0.6 is 32.2 Å². The predicted molar refractivity (Wildman–Crippen MR) is 137 cm³/mol. The van der Waals surface area contributed by atoms with Gasteiger partial charge in [-0.25, -0.2) is 4.76 Å². The van der Waals surface area contributed by atoms with Crippen molar-refractivity contribution in [3.05, 3.63) is 72.0 Å². The molecule has 0 amide bonds. The highest BCUT2D eigenvalue weighted by atomic mass is 35.5. The summed E-state index contributed by atoms with van der Waals surface area (Å²) in [6.07, 6.45) is 8.32. The van der Waals surface area contributed by atoms with E-state index in [9.17, 15) is 0 Å². The molecule has 0 radical (unpaired) electrons. The number of fused-ring (bicyclic) bond motifs is 5. The van der Waals surface area contributed by atoms with Crippen molar-refractivity contribution in [2.75, 3.05) is 18.3 Å². The van der Waals surface area contributed by atoms with Crippen LogP contribution in [0.3, 0.4) is 0 Å². The Morgan fingerprint density at radius 1 is 0.968 bits per heavy atom. The van der Waals surface area contributed by atoms with Crippen LogP contribution in [0.15, 0.2) is 65.6 Å². The second-order valence-corrected chi connectivity index (χ2v) is 9.23. The zero-order valence-electron chi connectivity index (χ0n) is 17.4. The van der Waals surface area contributed by atoms with Crippen LogP contribution in [0.2, 0.25) is 0 Å². The molecule has 3 atom stereocenters. The summed E-state index contributed by atoms with van der Waals surface area (Å²) in [6, 6.07) is 18.3. The van der Waals surface area contributed by atoms with Crippen LogP contribution in [0, 0.1) is 5.92 Å². The Bertz CT molecular complexity index is 1070. The second kappa shape index (κ2) is 11.3. The number of nitrogens with zero attached hydrogens (tertiary/aromatic N) is 1. The summed E-state index contributed by atoms with van der Waals surface area (Å²) in [5.74, 6) is 1.94. The average Bonchev–Trinajstić information content (AvgIpc) is 2.84. The summed E-state index contributed by atoms with van der Waals surface area (Å²) >= 11 is 12.0. The first-order valence-electron chi connectivity index (χ1n) is 10.7. The lowest BCUT2D eigenvalue weighted by molar-refractivity contribution is 0.329. The van der Waals surface area contributed by atoms with E-state index in [-0.39, 0.29) is 8.96 Å². The first-order valence-corrected chi connectivity index (χ1v) is 12.6. The molecule has 0 spiro atoms. The van der Waals surface area contributed by atoms with Crippen molar-refractivity contribution >= 4 is 59.9 Å². The summed E-state index contributed by atoms with van der Waals surface area (Å²) in [5, 5.41) is 9.07. The van der Waals surface area contributed by atoms with Gasteiger partial charge in [-0.05, 0) is 63.9 Å². The Kier molecular flexibility index (Phi) is 8.21. The Morgan fingerprint density at radius 3 is 2.55 bits per heavy atom. The molecule has 0 saturated heterocycles. The minimum absolute atomic E-state index is 0.284.